The first-order chi connectivity index (χ1) is 10.6. The molecule has 0 aliphatic rings. The third kappa shape index (κ3) is 4.25. The molecule has 0 unspecified atom stereocenters. The van der Waals surface area contributed by atoms with Gasteiger partial charge < -0.3 is 15.4 Å². The van der Waals surface area contributed by atoms with Crippen LogP contribution in [0, 0.1) is 20.8 Å². The number of nitrogens with one attached hydrogen (secondary N) is 2. The second-order valence-electron chi connectivity index (χ2n) is 5.25. The van der Waals surface area contributed by atoms with Crippen molar-refractivity contribution >= 4 is 11.7 Å². The summed E-state index contributed by atoms with van der Waals surface area (Å²) in [6.07, 6.45) is 0. The average molecular weight is 298 g/mol. The first-order valence-electron chi connectivity index (χ1n) is 7.37. The summed E-state index contributed by atoms with van der Waals surface area (Å²) in [6, 6.07) is 13.3. The summed E-state index contributed by atoms with van der Waals surface area (Å²) in [4.78, 5) is 11.7. The van der Waals surface area contributed by atoms with Gasteiger partial charge in [0.2, 0.25) is 0 Å². The molecular weight excluding hydrogens is 276 g/mol. The minimum Gasteiger partial charge on any atom is -0.491 e. The van der Waals surface area contributed by atoms with Crippen LogP contribution in [0.4, 0.5) is 10.5 Å². The molecule has 0 atom stereocenters. The predicted molar refractivity (Wildman–Crippen MR) is 89.6 cm³/mol. The summed E-state index contributed by atoms with van der Waals surface area (Å²) in [7, 11) is 0. The van der Waals surface area contributed by atoms with Gasteiger partial charge in [0.05, 0.1) is 6.54 Å². The molecule has 4 heteroatoms. The molecule has 0 saturated heterocycles. The van der Waals surface area contributed by atoms with Crippen molar-refractivity contribution in [3.8, 4) is 5.75 Å². The van der Waals surface area contributed by atoms with Gasteiger partial charge in [-0.15, -0.1) is 0 Å². The zero-order valence-electron chi connectivity index (χ0n) is 13.3. The minimum atomic E-state index is -0.229. The summed E-state index contributed by atoms with van der Waals surface area (Å²) in [5.41, 5.74) is 4.23. The van der Waals surface area contributed by atoms with Crippen molar-refractivity contribution in [3.63, 3.8) is 0 Å². The summed E-state index contributed by atoms with van der Waals surface area (Å²) >= 11 is 0. The van der Waals surface area contributed by atoms with Crippen LogP contribution in [-0.2, 0) is 0 Å². The molecule has 0 aliphatic heterocycles. The molecule has 116 valence electrons. The highest BCUT2D eigenvalue weighted by Crippen LogP contribution is 2.25. The summed E-state index contributed by atoms with van der Waals surface area (Å²) in [5, 5.41) is 5.55. The molecule has 0 aliphatic carbocycles. The zero-order valence-corrected chi connectivity index (χ0v) is 13.3. The van der Waals surface area contributed by atoms with Gasteiger partial charge in [0.1, 0.15) is 12.4 Å². The van der Waals surface area contributed by atoms with E-state index in [4.69, 9.17) is 4.74 Å². The number of ether oxygens (including phenoxy) is 1. The number of para-hydroxylation sites is 1. The maximum atomic E-state index is 11.7. The Balaban J connectivity index is 1.78. The number of rotatable bonds is 5. The van der Waals surface area contributed by atoms with Crippen molar-refractivity contribution < 1.29 is 9.53 Å². The predicted octanol–water partition coefficient (Wildman–Crippen LogP) is 3.81. The zero-order chi connectivity index (χ0) is 15.9. The van der Waals surface area contributed by atoms with E-state index in [0.717, 1.165) is 22.6 Å². The monoisotopic (exact) mass is 298 g/mol. The van der Waals surface area contributed by atoms with E-state index in [1.165, 1.54) is 5.56 Å². The molecule has 4 nitrogen and oxygen atoms in total. The molecule has 0 saturated carbocycles. The topological polar surface area (TPSA) is 50.4 Å². The van der Waals surface area contributed by atoms with E-state index >= 15 is 0 Å². The Morgan fingerprint density at radius 1 is 1.00 bits per heavy atom. The van der Waals surface area contributed by atoms with Crippen LogP contribution >= 0.6 is 0 Å². The number of anilines is 1. The number of carbonyl (C=O) groups excluding carboxylic acids is 1. The van der Waals surface area contributed by atoms with Crippen LogP contribution in [0.2, 0.25) is 0 Å². The Morgan fingerprint density at radius 2 is 1.68 bits per heavy atom. The number of carbonyl (C=O) groups is 1. The van der Waals surface area contributed by atoms with Crippen molar-refractivity contribution in [1.29, 1.82) is 0 Å². The van der Waals surface area contributed by atoms with E-state index in [1.807, 2.05) is 50.2 Å². The van der Waals surface area contributed by atoms with Crippen LogP contribution in [-0.4, -0.2) is 19.2 Å². The van der Waals surface area contributed by atoms with Gasteiger partial charge in [-0.2, -0.15) is 0 Å². The Labute approximate surface area is 131 Å². The molecule has 2 amide bonds. The molecule has 0 heterocycles. The van der Waals surface area contributed by atoms with Crippen molar-refractivity contribution in [3.05, 3.63) is 59.2 Å². The van der Waals surface area contributed by atoms with Crippen LogP contribution in [0.3, 0.4) is 0 Å². The molecule has 0 bridgehead atoms. The van der Waals surface area contributed by atoms with Crippen molar-refractivity contribution in [1.82, 2.24) is 5.32 Å². The lowest BCUT2D eigenvalue weighted by atomic mass is 10.1. The maximum absolute atomic E-state index is 11.7. The molecular formula is C18H22N2O2. The lowest BCUT2D eigenvalue weighted by molar-refractivity contribution is 0.247. The molecule has 2 rings (SSSR count). The lowest BCUT2D eigenvalue weighted by Crippen LogP contribution is -2.32. The van der Waals surface area contributed by atoms with E-state index in [-0.39, 0.29) is 6.03 Å². The van der Waals surface area contributed by atoms with Gasteiger partial charge >= 0.3 is 6.03 Å². The second kappa shape index (κ2) is 7.50. The highest BCUT2D eigenvalue weighted by molar-refractivity contribution is 5.89. The van der Waals surface area contributed by atoms with Gasteiger partial charge in [-0.25, -0.2) is 4.79 Å². The van der Waals surface area contributed by atoms with E-state index < -0.39 is 0 Å². The fourth-order valence-electron chi connectivity index (χ4n) is 2.16. The molecule has 0 radical (unpaired) electrons. The third-order valence-electron chi connectivity index (χ3n) is 3.54. The normalized spacial score (nSPS) is 10.1. The Kier molecular flexibility index (Phi) is 5.42. The van der Waals surface area contributed by atoms with Gasteiger partial charge in [-0.05, 0) is 49.6 Å². The quantitative estimate of drug-likeness (QED) is 0.825. The summed E-state index contributed by atoms with van der Waals surface area (Å²) < 4.78 is 5.81. The van der Waals surface area contributed by atoms with Crippen LogP contribution in [0.1, 0.15) is 16.7 Å². The molecule has 22 heavy (non-hydrogen) atoms. The number of hydrogen-bond acceptors (Lipinski definition) is 2. The Bertz CT molecular complexity index is 639. The number of hydrogen-bond donors (Lipinski definition) is 2. The standard InChI is InChI=1S/C18H22N2O2/c1-13-9-10-14(2)17(15(13)3)22-12-11-19-18(21)20-16-7-5-4-6-8-16/h4-10H,11-12H2,1-3H3,(H2,19,20,21). The van der Waals surface area contributed by atoms with Crippen molar-refractivity contribution in [2.75, 3.05) is 18.5 Å². The number of benzene rings is 2. The van der Waals surface area contributed by atoms with Gasteiger partial charge in [0.25, 0.3) is 0 Å². The Hall–Kier alpha value is -2.49. The maximum Gasteiger partial charge on any atom is 0.319 e. The molecule has 2 aromatic rings. The van der Waals surface area contributed by atoms with E-state index in [1.54, 1.807) is 0 Å². The van der Waals surface area contributed by atoms with Crippen molar-refractivity contribution in [2.45, 2.75) is 20.8 Å². The van der Waals surface area contributed by atoms with Gasteiger partial charge in [-0.3, -0.25) is 0 Å². The average Bonchev–Trinajstić information content (AvgIpc) is 2.51. The number of amides is 2. The number of aryl methyl sites for hydroxylation is 2. The minimum absolute atomic E-state index is 0.229. The first-order valence-corrected chi connectivity index (χ1v) is 7.37. The van der Waals surface area contributed by atoms with Crippen LogP contribution in [0.25, 0.3) is 0 Å². The molecule has 0 spiro atoms. The smallest absolute Gasteiger partial charge is 0.319 e. The Morgan fingerprint density at radius 3 is 2.41 bits per heavy atom. The second-order valence-corrected chi connectivity index (χ2v) is 5.25. The highest BCUT2D eigenvalue weighted by Gasteiger charge is 2.06. The fraction of sp³-hybridized carbons (Fsp3) is 0.278. The van der Waals surface area contributed by atoms with Crippen LogP contribution < -0.4 is 15.4 Å². The highest BCUT2D eigenvalue weighted by atomic mass is 16.5. The van der Waals surface area contributed by atoms with Gasteiger partial charge in [0.15, 0.2) is 0 Å². The van der Waals surface area contributed by atoms with Gasteiger partial charge in [-0.1, -0.05) is 30.3 Å². The molecule has 2 aromatic carbocycles. The lowest BCUT2D eigenvalue weighted by Gasteiger charge is -2.14. The summed E-state index contributed by atoms with van der Waals surface area (Å²) in [6.45, 7) is 7.02. The largest absolute Gasteiger partial charge is 0.491 e. The number of urea groups is 1. The van der Waals surface area contributed by atoms with E-state index in [9.17, 15) is 4.79 Å². The third-order valence-corrected chi connectivity index (χ3v) is 3.54. The van der Waals surface area contributed by atoms with E-state index in [2.05, 4.69) is 23.6 Å². The molecule has 0 fully saturated rings. The fourth-order valence-corrected chi connectivity index (χ4v) is 2.16. The van der Waals surface area contributed by atoms with Crippen LogP contribution in [0.5, 0.6) is 5.75 Å². The summed E-state index contributed by atoms with van der Waals surface area (Å²) in [5.74, 6) is 0.908. The van der Waals surface area contributed by atoms with E-state index in [0.29, 0.717) is 13.2 Å². The van der Waals surface area contributed by atoms with Gasteiger partial charge in [0, 0.05) is 5.69 Å². The molecule has 0 aromatic heterocycles. The SMILES string of the molecule is Cc1ccc(C)c(OCCNC(=O)Nc2ccccc2)c1C. The molecule has 2 N–H and O–H groups in total. The van der Waals surface area contributed by atoms with Crippen molar-refractivity contribution in [2.24, 2.45) is 0 Å². The first kappa shape index (κ1) is 15.9. The van der Waals surface area contributed by atoms with Crippen LogP contribution in [0.15, 0.2) is 42.5 Å².